The van der Waals surface area contributed by atoms with E-state index in [1.54, 1.807) is 0 Å². The van der Waals surface area contributed by atoms with Crippen molar-refractivity contribution < 1.29 is 17.6 Å². The van der Waals surface area contributed by atoms with E-state index in [9.17, 15) is 17.6 Å². The summed E-state index contributed by atoms with van der Waals surface area (Å²) in [7, 11) is 0. The molecule has 1 N–H and O–H groups in total. The third-order valence-electron chi connectivity index (χ3n) is 2.83. The van der Waals surface area contributed by atoms with E-state index in [1.807, 2.05) is 24.3 Å². The van der Waals surface area contributed by atoms with Crippen LogP contribution in [0.4, 0.5) is 17.6 Å². The van der Waals surface area contributed by atoms with E-state index in [-0.39, 0.29) is 12.0 Å². The number of hydrogen-bond acceptors (Lipinski definition) is 1. The molecule has 0 aromatic heterocycles. The van der Waals surface area contributed by atoms with Gasteiger partial charge < -0.3 is 5.32 Å². The van der Waals surface area contributed by atoms with Crippen LogP contribution in [0.15, 0.2) is 24.3 Å². The summed E-state index contributed by atoms with van der Waals surface area (Å²) >= 11 is 0. The maximum absolute atomic E-state index is 12.7. The number of rotatable bonds is 5. The first-order valence-electron chi connectivity index (χ1n) is 6.09. The first-order chi connectivity index (χ1) is 8.63. The zero-order valence-corrected chi connectivity index (χ0v) is 11.3. The summed E-state index contributed by atoms with van der Waals surface area (Å²) in [6, 6.07) is 7.47. The molecule has 0 bridgehead atoms. The average molecular weight is 277 g/mol. The van der Waals surface area contributed by atoms with E-state index in [0.717, 1.165) is 11.1 Å². The van der Waals surface area contributed by atoms with Crippen LogP contribution in [0, 0.1) is 0 Å². The highest BCUT2D eigenvalue weighted by atomic mass is 19.3. The van der Waals surface area contributed by atoms with Gasteiger partial charge in [0.1, 0.15) is 0 Å². The Morgan fingerprint density at radius 1 is 1.05 bits per heavy atom. The molecular weight excluding hydrogens is 258 g/mol. The zero-order chi connectivity index (χ0) is 14.7. The molecule has 108 valence electrons. The summed E-state index contributed by atoms with van der Waals surface area (Å²) in [4.78, 5) is 0. The smallest absolute Gasteiger partial charge is 0.307 e. The molecular formula is C14H19F4N. The van der Waals surface area contributed by atoms with Crippen LogP contribution in [-0.2, 0) is 12.0 Å². The van der Waals surface area contributed by atoms with Crippen LogP contribution in [0.3, 0.4) is 0 Å². The minimum atomic E-state index is -3.98. The Balaban J connectivity index is 2.52. The molecule has 0 saturated heterocycles. The lowest BCUT2D eigenvalue weighted by atomic mass is 9.87. The van der Waals surface area contributed by atoms with Crippen molar-refractivity contribution in [2.45, 2.75) is 45.1 Å². The van der Waals surface area contributed by atoms with Crippen LogP contribution < -0.4 is 5.32 Å². The van der Waals surface area contributed by atoms with Crippen molar-refractivity contribution in [3.63, 3.8) is 0 Å². The van der Waals surface area contributed by atoms with Gasteiger partial charge in [-0.3, -0.25) is 0 Å². The minimum absolute atomic E-state index is 0.0225. The maximum Gasteiger partial charge on any atom is 0.319 e. The van der Waals surface area contributed by atoms with Gasteiger partial charge in [0.25, 0.3) is 0 Å². The summed E-state index contributed by atoms with van der Waals surface area (Å²) in [5.74, 6) is -3.98. The highest BCUT2D eigenvalue weighted by molar-refractivity contribution is 5.27. The lowest BCUT2D eigenvalue weighted by Gasteiger charge is -2.19. The molecule has 1 aromatic carbocycles. The topological polar surface area (TPSA) is 12.0 Å². The molecule has 0 aliphatic carbocycles. The molecule has 0 aliphatic rings. The zero-order valence-electron chi connectivity index (χ0n) is 11.3. The molecule has 0 heterocycles. The van der Waals surface area contributed by atoms with E-state index in [1.165, 1.54) is 0 Å². The van der Waals surface area contributed by atoms with Crippen molar-refractivity contribution in [2.24, 2.45) is 0 Å². The average Bonchev–Trinajstić information content (AvgIpc) is 2.28. The lowest BCUT2D eigenvalue weighted by molar-refractivity contribution is -0.125. The Morgan fingerprint density at radius 3 is 2.00 bits per heavy atom. The van der Waals surface area contributed by atoms with Gasteiger partial charge in [0.15, 0.2) is 0 Å². The molecule has 0 saturated carbocycles. The fourth-order valence-electron chi connectivity index (χ4n) is 1.57. The normalized spacial score (nSPS) is 13.1. The lowest BCUT2D eigenvalue weighted by Crippen LogP contribution is -2.38. The van der Waals surface area contributed by atoms with Gasteiger partial charge >= 0.3 is 12.3 Å². The summed E-state index contributed by atoms with van der Waals surface area (Å²) in [6.07, 6.45) is -3.64. The van der Waals surface area contributed by atoms with Crippen LogP contribution in [-0.4, -0.2) is 18.9 Å². The number of hydrogen-bond donors (Lipinski definition) is 1. The van der Waals surface area contributed by atoms with Crippen molar-refractivity contribution in [3.05, 3.63) is 35.4 Å². The first kappa shape index (κ1) is 16.0. The van der Waals surface area contributed by atoms with Gasteiger partial charge in [0.05, 0.1) is 6.54 Å². The van der Waals surface area contributed by atoms with Crippen molar-refractivity contribution in [1.82, 2.24) is 5.32 Å². The summed E-state index contributed by atoms with van der Waals surface area (Å²) < 4.78 is 49.2. The van der Waals surface area contributed by atoms with Gasteiger partial charge in [-0.2, -0.15) is 8.78 Å². The predicted octanol–water partition coefficient (Wildman–Crippen LogP) is 3.97. The molecule has 0 unspecified atom stereocenters. The molecule has 19 heavy (non-hydrogen) atoms. The summed E-state index contributed by atoms with van der Waals surface area (Å²) in [5.41, 5.74) is 1.95. The van der Waals surface area contributed by atoms with Crippen LogP contribution in [0.25, 0.3) is 0 Å². The van der Waals surface area contributed by atoms with Gasteiger partial charge in [-0.05, 0) is 16.5 Å². The molecule has 0 atom stereocenters. The third kappa shape index (κ3) is 4.82. The summed E-state index contributed by atoms with van der Waals surface area (Å²) in [5, 5.41) is 2.35. The molecule has 1 nitrogen and oxygen atoms in total. The highest BCUT2D eigenvalue weighted by Crippen LogP contribution is 2.23. The van der Waals surface area contributed by atoms with Crippen LogP contribution in [0.5, 0.6) is 0 Å². The van der Waals surface area contributed by atoms with Crippen molar-refractivity contribution in [3.8, 4) is 0 Å². The second-order valence-electron chi connectivity index (χ2n) is 5.61. The molecule has 1 aromatic rings. The summed E-state index contributed by atoms with van der Waals surface area (Å²) in [6.45, 7) is 5.34. The largest absolute Gasteiger partial charge is 0.319 e. The molecule has 5 heteroatoms. The minimum Gasteiger partial charge on any atom is -0.307 e. The van der Waals surface area contributed by atoms with E-state index in [2.05, 4.69) is 26.1 Å². The molecule has 0 radical (unpaired) electrons. The number of alkyl halides is 4. The van der Waals surface area contributed by atoms with Crippen LogP contribution in [0.2, 0.25) is 0 Å². The predicted molar refractivity (Wildman–Crippen MR) is 67.8 cm³/mol. The highest BCUT2D eigenvalue weighted by Gasteiger charge is 2.39. The first-order valence-corrected chi connectivity index (χ1v) is 6.09. The van der Waals surface area contributed by atoms with Gasteiger partial charge in [-0.1, -0.05) is 45.0 Å². The Hall–Kier alpha value is -1.10. The van der Waals surface area contributed by atoms with Crippen molar-refractivity contribution in [2.75, 3.05) is 6.54 Å². The van der Waals surface area contributed by atoms with Gasteiger partial charge in [-0.25, -0.2) is 8.78 Å². The monoisotopic (exact) mass is 277 g/mol. The van der Waals surface area contributed by atoms with Crippen molar-refractivity contribution in [1.29, 1.82) is 0 Å². The molecule has 0 spiro atoms. The fourth-order valence-corrected chi connectivity index (χ4v) is 1.57. The molecule has 0 aliphatic heterocycles. The van der Waals surface area contributed by atoms with E-state index in [4.69, 9.17) is 0 Å². The second-order valence-corrected chi connectivity index (χ2v) is 5.61. The Morgan fingerprint density at radius 2 is 1.58 bits per heavy atom. The Bertz CT molecular complexity index is 393. The van der Waals surface area contributed by atoms with E-state index in [0.29, 0.717) is 0 Å². The van der Waals surface area contributed by atoms with Crippen LogP contribution in [0.1, 0.15) is 31.9 Å². The molecule has 0 fully saturated rings. The number of benzene rings is 1. The third-order valence-corrected chi connectivity index (χ3v) is 2.83. The van der Waals surface area contributed by atoms with Gasteiger partial charge in [0, 0.05) is 6.54 Å². The molecule has 0 amide bonds. The number of nitrogens with one attached hydrogen (secondary N) is 1. The van der Waals surface area contributed by atoms with E-state index < -0.39 is 18.9 Å². The SMILES string of the molecule is CC(C)(C)c1ccc(CNCC(F)(F)C(F)F)cc1. The van der Waals surface area contributed by atoms with Crippen LogP contribution >= 0.6 is 0 Å². The molecule has 1 rings (SSSR count). The second kappa shape index (κ2) is 5.90. The maximum atomic E-state index is 12.7. The van der Waals surface area contributed by atoms with E-state index >= 15 is 0 Å². The van der Waals surface area contributed by atoms with Crippen molar-refractivity contribution >= 4 is 0 Å². The quantitative estimate of drug-likeness (QED) is 0.803. The van der Waals surface area contributed by atoms with Gasteiger partial charge in [-0.15, -0.1) is 0 Å². The number of halogens is 4. The fraction of sp³-hybridized carbons (Fsp3) is 0.571. The Labute approximate surface area is 111 Å². The Kier molecular flexibility index (Phi) is 4.96. The van der Waals surface area contributed by atoms with Gasteiger partial charge in [0.2, 0.25) is 0 Å². The standard InChI is InChI=1S/C14H19F4N/c1-13(2,3)11-6-4-10(5-7-11)8-19-9-14(17,18)12(15)16/h4-7,12,19H,8-9H2,1-3H3.